The maximum atomic E-state index is 12.4. The van der Waals surface area contributed by atoms with Crippen molar-refractivity contribution < 1.29 is 39.3 Å². The van der Waals surface area contributed by atoms with Gasteiger partial charge in [0.15, 0.2) is 0 Å². The molecule has 2 unspecified atom stereocenters. The summed E-state index contributed by atoms with van der Waals surface area (Å²) in [5.74, 6) is -5.19. The molecule has 0 aliphatic heterocycles. The van der Waals surface area contributed by atoms with E-state index in [-0.39, 0.29) is 18.7 Å². The molecule has 0 bridgehead atoms. The van der Waals surface area contributed by atoms with Crippen LogP contribution in [-0.2, 0) is 30.4 Å². The molecule has 0 aromatic heterocycles. The fraction of sp³-hybridized carbons (Fsp3) is 0.353. The summed E-state index contributed by atoms with van der Waals surface area (Å²) in [6.07, 6.45) is -0.790. The van der Waals surface area contributed by atoms with Gasteiger partial charge in [0.05, 0.1) is 19.5 Å². The van der Waals surface area contributed by atoms with E-state index in [1.165, 1.54) is 12.1 Å². The minimum absolute atomic E-state index is 0.0201. The maximum absolute atomic E-state index is 12.4. The third-order valence-electron chi connectivity index (χ3n) is 3.65. The van der Waals surface area contributed by atoms with E-state index in [9.17, 15) is 29.1 Å². The summed E-state index contributed by atoms with van der Waals surface area (Å²) < 4.78 is 0. The average molecular weight is 410 g/mol. The Morgan fingerprint density at radius 3 is 2.03 bits per heavy atom. The lowest BCUT2D eigenvalue weighted by atomic mass is 10.0. The number of aromatic hydroxyl groups is 1. The summed E-state index contributed by atoms with van der Waals surface area (Å²) in [4.78, 5) is 57.3. The largest absolute Gasteiger partial charge is 0.508 e. The highest BCUT2D eigenvalue weighted by atomic mass is 16.4. The Bertz CT molecular complexity index is 765. The third-order valence-corrected chi connectivity index (χ3v) is 3.65. The molecule has 12 heteroatoms. The van der Waals surface area contributed by atoms with Crippen molar-refractivity contribution in [3.8, 4) is 5.75 Å². The highest BCUT2D eigenvalue weighted by Crippen LogP contribution is 2.11. The van der Waals surface area contributed by atoms with Crippen molar-refractivity contribution in [3.63, 3.8) is 0 Å². The van der Waals surface area contributed by atoms with Crippen molar-refractivity contribution in [1.29, 1.82) is 0 Å². The molecule has 0 spiro atoms. The molecule has 8 N–H and O–H groups in total. The Kier molecular flexibility index (Phi) is 9.05. The normalized spacial score (nSPS) is 12.3. The van der Waals surface area contributed by atoms with Crippen LogP contribution in [0.4, 0.5) is 0 Å². The van der Waals surface area contributed by atoms with Crippen molar-refractivity contribution in [1.82, 2.24) is 16.0 Å². The van der Waals surface area contributed by atoms with Crippen LogP contribution in [0.5, 0.6) is 5.75 Å². The number of hydrogen-bond donors (Lipinski definition) is 7. The summed E-state index contributed by atoms with van der Waals surface area (Å²) in [6.45, 7) is -0.998. The van der Waals surface area contributed by atoms with Gasteiger partial charge in [0.2, 0.25) is 17.7 Å². The number of carboxylic acids is 2. The van der Waals surface area contributed by atoms with Gasteiger partial charge in [-0.05, 0) is 17.7 Å². The number of carbonyl (C=O) groups excluding carboxylic acids is 3. The van der Waals surface area contributed by atoms with Crippen LogP contribution in [0.3, 0.4) is 0 Å². The van der Waals surface area contributed by atoms with Gasteiger partial charge in [0.25, 0.3) is 0 Å². The number of benzene rings is 1. The second-order valence-corrected chi connectivity index (χ2v) is 5.97. The van der Waals surface area contributed by atoms with E-state index in [1.54, 1.807) is 12.1 Å². The SMILES string of the molecule is NCC(=O)NC(Cc1ccc(O)cc1)C(=O)NCC(=O)NC(CC(=O)O)C(=O)O. The van der Waals surface area contributed by atoms with Crippen molar-refractivity contribution in [2.24, 2.45) is 5.73 Å². The first-order valence-corrected chi connectivity index (χ1v) is 8.41. The van der Waals surface area contributed by atoms with Crippen LogP contribution in [0.25, 0.3) is 0 Å². The molecule has 3 amide bonds. The number of nitrogens with one attached hydrogen (secondary N) is 3. The molecule has 0 saturated heterocycles. The van der Waals surface area contributed by atoms with E-state index in [2.05, 4.69) is 10.6 Å². The zero-order valence-electron chi connectivity index (χ0n) is 15.3. The van der Waals surface area contributed by atoms with Crippen LogP contribution in [0.15, 0.2) is 24.3 Å². The predicted molar refractivity (Wildman–Crippen MR) is 97.6 cm³/mol. The van der Waals surface area contributed by atoms with Gasteiger partial charge in [-0.25, -0.2) is 4.79 Å². The lowest BCUT2D eigenvalue weighted by Crippen LogP contribution is -2.52. The second-order valence-electron chi connectivity index (χ2n) is 5.97. The smallest absolute Gasteiger partial charge is 0.326 e. The molecule has 1 rings (SSSR count). The Labute approximate surface area is 165 Å². The second kappa shape index (κ2) is 11.2. The zero-order valence-corrected chi connectivity index (χ0v) is 15.3. The number of aliphatic carboxylic acids is 2. The molecule has 0 heterocycles. The molecule has 0 aliphatic rings. The molecule has 12 nitrogen and oxygen atoms in total. The number of phenolic OH excluding ortho intramolecular Hbond substituents is 1. The first-order valence-electron chi connectivity index (χ1n) is 8.41. The topological polar surface area (TPSA) is 208 Å². The fourth-order valence-electron chi connectivity index (χ4n) is 2.24. The summed E-state index contributed by atoms with van der Waals surface area (Å²) in [5.41, 5.74) is 5.84. The minimum Gasteiger partial charge on any atom is -0.508 e. The molecule has 29 heavy (non-hydrogen) atoms. The highest BCUT2D eigenvalue weighted by Gasteiger charge is 2.25. The molecule has 0 aliphatic carbocycles. The van der Waals surface area contributed by atoms with E-state index in [4.69, 9.17) is 15.9 Å². The van der Waals surface area contributed by atoms with Crippen molar-refractivity contribution >= 4 is 29.7 Å². The van der Waals surface area contributed by atoms with Crippen molar-refractivity contribution in [2.45, 2.75) is 24.9 Å². The van der Waals surface area contributed by atoms with Gasteiger partial charge in [-0.1, -0.05) is 12.1 Å². The fourth-order valence-corrected chi connectivity index (χ4v) is 2.24. The predicted octanol–water partition coefficient (Wildman–Crippen LogP) is -2.46. The summed E-state index contributed by atoms with van der Waals surface area (Å²) in [7, 11) is 0. The van der Waals surface area contributed by atoms with E-state index in [1.807, 2.05) is 5.32 Å². The highest BCUT2D eigenvalue weighted by molar-refractivity contribution is 5.92. The lowest BCUT2D eigenvalue weighted by Gasteiger charge is -2.19. The van der Waals surface area contributed by atoms with Crippen LogP contribution in [0.1, 0.15) is 12.0 Å². The van der Waals surface area contributed by atoms with Gasteiger partial charge >= 0.3 is 11.9 Å². The molecule has 0 saturated carbocycles. The lowest BCUT2D eigenvalue weighted by molar-refractivity contribution is -0.147. The first kappa shape index (κ1) is 23.4. The quantitative estimate of drug-likeness (QED) is 0.206. The van der Waals surface area contributed by atoms with E-state index in [0.717, 1.165) is 0 Å². The Morgan fingerprint density at radius 1 is 0.931 bits per heavy atom. The number of amides is 3. The summed E-state index contributed by atoms with van der Waals surface area (Å²) in [5, 5.41) is 33.5. The monoisotopic (exact) mass is 410 g/mol. The molecule has 1 aromatic carbocycles. The van der Waals surface area contributed by atoms with Gasteiger partial charge < -0.3 is 37.0 Å². The van der Waals surface area contributed by atoms with Crippen LogP contribution in [0, 0.1) is 0 Å². The third kappa shape index (κ3) is 8.71. The van der Waals surface area contributed by atoms with Crippen molar-refractivity contribution in [2.75, 3.05) is 13.1 Å². The van der Waals surface area contributed by atoms with Crippen LogP contribution in [-0.4, -0.2) is 70.2 Å². The maximum Gasteiger partial charge on any atom is 0.326 e. The molecular formula is C17H22N4O8. The van der Waals surface area contributed by atoms with Crippen LogP contribution < -0.4 is 21.7 Å². The summed E-state index contributed by atoms with van der Waals surface area (Å²) >= 11 is 0. The van der Waals surface area contributed by atoms with Crippen LogP contribution >= 0.6 is 0 Å². The minimum atomic E-state index is -1.65. The molecule has 2 atom stereocenters. The first-order chi connectivity index (χ1) is 13.6. The number of carboxylic acid groups (broad SMARTS) is 2. The van der Waals surface area contributed by atoms with E-state index >= 15 is 0 Å². The molecule has 158 valence electrons. The molecule has 0 fully saturated rings. The van der Waals surface area contributed by atoms with Gasteiger partial charge in [0, 0.05) is 6.42 Å². The molecule has 0 radical (unpaired) electrons. The van der Waals surface area contributed by atoms with Gasteiger partial charge in [0.1, 0.15) is 17.8 Å². The summed E-state index contributed by atoms with van der Waals surface area (Å²) in [6, 6.07) is 3.15. The number of phenols is 1. The zero-order chi connectivity index (χ0) is 22.0. The Balaban J connectivity index is 2.71. The van der Waals surface area contributed by atoms with Gasteiger partial charge in [-0.3, -0.25) is 19.2 Å². The van der Waals surface area contributed by atoms with Crippen molar-refractivity contribution in [3.05, 3.63) is 29.8 Å². The van der Waals surface area contributed by atoms with Gasteiger partial charge in [-0.15, -0.1) is 0 Å². The van der Waals surface area contributed by atoms with E-state index in [0.29, 0.717) is 5.56 Å². The average Bonchev–Trinajstić information content (AvgIpc) is 2.66. The van der Waals surface area contributed by atoms with E-state index < -0.39 is 54.7 Å². The van der Waals surface area contributed by atoms with Gasteiger partial charge in [-0.2, -0.15) is 0 Å². The molecular weight excluding hydrogens is 388 g/mol. The molecule has 1 aromatic rings. The number of nitrogens with two attached hydrogens (primary N) is 1. The number of hydrogen-bond acceptors (Lipinski definition) is 7. The number of carbonyl (C=O) groups is 5. The number of rotatable bonds is 11. The Morgan fingerprint density at radius 2 is 1.52 bits per heavy atom. The Hall–Kier alpha value is -3.67. The standard InChI is InChI=1S/C17H22N4O8/c18-7-13(23)20-11(5-9-1-3-10(22)4-2-9)16(27)19-8-14(24)21-12(17(28)29)6-15(25)26/h1-4,11-12,22H,5-8,18H2,(H,19,27)(H,20,23)(H,21,24)(H,25,26)(H,28,29). The van der Waals surface area contributed by atoms with Crippen LogP contribution in [0.2, 0.25) is 0 Å².